The van der Waals surface area contributed by atoms with E-state index in [9.17, 15) is 14.7 Å². The van der Waals surface area contributed by atoms with Gasteiger partial charge in [0.05, 0.1) is 18.4 Å². The zero-order valence-corrected chi connectivity index (χ0v) is 19.4. The lowest BCUT2D eigenvalue weighted by atomic mass is 9.99. The predicted molar refractivity (Wildman–Crippen MR) is 128 cm³/mol. The number of ether oxygens (including phenoxy) is 3. The molecule has 0 spiro atoms. The molecule has 8 heteroatoms. The molecule has 3 aromatic rings. The summed E-state index contributed by atoms with van der Waals surface area (Å²) >= 11 is 0. The summed E-state index contributed by atoms with van der Waals surface area (Å²) < 4.78 is 22.5. The third-order valence-electron chi connectivity index (χ3n) is 5.77. The molecule has 1 amide bonds. The molecule has 1 unspecified atom stereocenters. The molecule has 8 nitrogen and oxygen atoms in total. The number of carbonyl (C=O) groups is 2. The molecule has 2 aliphatic rings. The first-order valence-corrected chi connectivity index (χ1v) is 11.4. The minimum atomic E-state index is -0.954. The molecule has 3 heterocycles. The summed E-state index contributed by atoms with van der Waals surface area (Å²) in [5, 5.41) is 11.2. The Balaban J connectivity index is 1.56. The maximum Gasteiger partial charge on any atom is 0.300 e. The normalized spacial score (nSPS) is 18.8. The number of hydrogen-bond donors (Lipinski definition) is 1. The van der Waals surface area contributed by atoms with E-state index in [1.165, 1.54) is 11.2 Å². The van der Waals surface area contributed by atoms with E-state index in [0.717, 1.165) is 0 Å². The predicted octanol–water partition coefficient (Wildman–Crippen LogP) is 4.71. The molecule has 180 valence electrons. The molecule has 1 saturated heterocycles. The van der Waals surface area contributed by atoms with E-state index >= 15 is 0 Å². The first-order chi connectivity index (χ1) is 16.9. The highest BCUT2D eigenvalue weighted by Gasteiger charge is 2.48. The number of fused-ring (bicyclic) bond motifs is 1. The van der Waals surface area contributed by atoms with Gasteiger partial charge in [-0.05, 0) is 54.4 Å². The Labute approximate surface area is 202 Å². The smallest absolute Gasteiger partial charge is 0.300 e. The maximum absolute atomic E-state index is 13.2. The second-order valence-electron chi connectivity index (χ2n) is 8.74. The van der Waals surface area contributed by atoms with Gasteiger partial charge in [-0.25, -0.2) is 0 Å². The molecular formula is C27H25NO7. The van der Waals surface area contributed by atoms with Crippen molar-refractivity contribution in [1.82, 2.24) is 0 Å². The Morgan fingerprint density at radius 2 is 1.80 bits per heavy atom. The average molecular weight is 475 g/mol. The van der Waals surface area contributed by atoms with Crippen LogP contribution < -0.4 is 19.1 Å². The van der Waals surface area contributed by atoms with Gasteiger partial charge in [-0.3, -0.25) is 14.5 Å². The zero-order valence-electron chi connectivity index (χ0n) is 19.4. The number of Topliss-reactive ketones (excluding diaryl/α,β-unsaturated/α-hetero) is 1. The van der Waals surface area contributed by atoms with Gasteiger partial charge < -0.3 is 23.7 Å². The summed E-state index contributed by atoms with van der Waals surface area (Å²) in [6, 6.07) is 14.1. The Morgan fingerprint density at radius 3 is 2.49 bits per heavy atom. The molecule has 1 aromatic heterocycles. The highest BCUT2D eigenvalue weighted by molar-refractivity contribution is 6.51. The zero-order chi connectivity index (χ0) is 24.5. The summed E-state index contributed by atoms with van der Waals surface area (Å²) in [4.78, 5) is 27.7. The number of ketones is 1. The van der Waals surface area contributed by atoms with E-state index < -0.39 is 17.7 Å². The van der Waals surface area contributed by atoms with Crippen molar-refractivity contribution in [2.24, 2.45) is 5.92 Å². The van der Waals surface area contributed by atoms with Crippen LogP contribution in [0, 0.1) is 5.92 Å². The summed E-state index contributed by atoms with van der Waals surface area (Å²) in [6.45, 7) is 5.48. The van der Waals surface area contributed by atoms with Crippen LogP contribution in [0.2, 0.25) is 0 Å². The lowest BCUT2D eigenvalue weighted by molar-refractivity contribution is -0.132. The van der Waals surface area contributed by atoms with Gasteiger partial charge in [-0.2, -0.15) is 0 Å². The molecule has 1 atom stereocenters. The molecule has 0 saturated carbocycles. The second-order valence-corrected chi connectivity index (χ2v) is 8.74. The largest absolute Gasteiger partial charge is 0.507 e. The third-order valence-corrected chi connectivity index (χ3v) is 5.77. The van der Waals surface area contributed by atoms with E-state index in [1.54, 1.807) is 54.6 Å². The molecule has 5 rings (SSSR count). The summed E-state index contributed by atoms with van der Waals surface area (Å²) in [7, 11) is 0. The van der Waals surface area contributed by atoms with Crippen LogP contribution in [-0.4, -0.2) is 36.6 Å². The van der Waals surface area contributed by atoms with Crippen molar-refractivity contribution in [2.45, 2.75) is 19.9 Å². The van der Waals surface area contributed by atoms with E-state index in [1.807, 2.05) is 0 Å². The Kier molecular flexibility index (Phi) is 5.94. The van der Waals surface area contributed by atoms with Gasteiger partial charge in [-0.1, -0.05) is 13.8 Å². The van der Waals surface area contributed by atoms with Crippen LogP contribution in [0.4, 0.5) is 5.69 Å². The van der Waals surface area contributed by atoms with E-state index in [4.69, 9.17) is 18.6 Å². The van der Waals surface area contributed by atoms with Crippen LogP contribution in [0.15, 0.2) is 70.9 Å². The van der Waals surface area contributed by atoms with Crippen molar-refractivity contribution >= 4 is 23.1 Å². The SMILES string of the molecule is CC(C)COc1ccc(/C(O)=C2/C(=O)C(=O)N(c3ccc4c(c3)OCCO4)C2c2ccco2)cc1. The minimum absolute atomic E-state index is 0.0595. The average Bonchev–Trinajstić information content (AvgIpc) is 3.49. The van der Waals surface area contributed by atoms with Crippen molar-refractivity contribution in [1.29, 1.82) is 0 Å². The third kappa shape index (κ3) is 4.23. The number of rotatable bonds is 6. The summed E-state index contributed by atoms with van der Waals surface area (Å²) in [6.07, 6.45) is 1.46. The van der Waals surface area contributed by atoms with Crippen LogP contribution >= 0.6 is 0 Å². The Hall–Kier alpha value is -4.20. The fourth-order valence-corrected chi connectivity index (χ4v) is 4.12. The number of amides is 1. The number of aliphatic hydroxyl groups is 1. The number of benzene rings is 2. The van der Waals surface area contributed by atoms with Crippen LogP contribution in [0.5, 0.6) is 17.2 Å². The lowest BCUT2D eigenvalue weighted by Crippen LogP contribution is -2.29. The van der Waals surface area contributed by atoms with Crippen LogP contribution in [0.25, 0.3) is 5.76 Å². The lowest BCUT2D eigenvalue weighted by Gasteiger charge is -2.25. The topological polar surface area (TPSA) is 98.4 Å². The van der Waals surface area contributed by atoms with Crippen LogP contribution in [0.3, 0.4) is 0 Å². The van der Waals surface area contributed by atoms with Gasteiger partial charge in [0, 0.05) is 17.3 Å². The molecule has 0 bridgehead atoms. The molecule has 35 heavy (non-hydrogen) atoms. The van der Waals surface area contributed by atoms with E-state index in [0.29, 0.717) is 60.0 Å². The molecular weight excluding hydrogens is 450 g/mol. The van der Waals surface area contributed by atoms with Crippen molar-refractivity contribution in [2.75, 3.05) is 24.7 Å². The number of hydrogen-bond acceptors (Lipinski definition) is 7. The molecule has 0 aliphatic carbocycles. The monoisotopic (exact) mass is 475 g/mol. The first kappa shape index (κ1) is 22.6. The van der Waals surface area contributed by atoms with Crippen LogP contribution in [0.1, 0.15) is 31.2 Å². The highest BCUT2D eigenvalue weighted by Crippen LogP contribution is 2.44. The summed E-state index contributed by atoms with van der Waals surface area (Å²) in [5.41, 5.74) is 0.753. The van der Waals surface area contributed by atoms with Crippen molar-refractivity contribution in [3.63, 3.8) is 0 Å². The number of aliphatic hydroxyl groups excluding tert-OH is 1. The number of nitrogens with zero attached hydrogens (tertiary/aromatic N) is 1. The van der Waals surface area contributed by atoms with Gasteiger partial charge in [0.1, 0.15) is 36.5 Å². The first-order valence-electron chi connectivity index (χ1n) is 11.4. The fraction of sp³-hybridized carbons (Fsp3) is 0.259. The maximum atomic E-state index is 13.2. The molecule has 0 radical (unpaired) electrons. The van der Waals surface area contributed by atoms with Gasteiger partial charge in [0.15, 0.2) is 11.5 Å². The van der Waals surface area contributed by atoms with Crippen LogP contribution in [-0.2, 0) is 9.59 Å². The highest BCUT2D eigenvalue weighted by atomic mass is 16.6. The van der Waals surface area contributed by atoms with Gasteiger partial charge in [-0.15, -0.1) is 0 Å². The summed E-state index contributed by atoms with van der Waals surface area (Å²) in [5.74, 6) is 0.525. The van der Waals surface area contributed by atoms with Gasteiger partial charge in [0.25, 0.3) is 11.7 Å². The van der Waals surface area contributed by atoms with E-state index in [-0.39, 0.29) is 11.3 Å². The molecule has 1 fully saturated rings. The Bertz CT molecular complexity index is 1280. The fourth-order valence-electron chi connectivity index (χ4n) is 4.12. The standard InChI is InChI=1S/C27H25NO7/c1-16(2)15-35-19-8-5-17(6-9-19)25(29)23-24(21-4-3-11-32-21)28(27(31)26(23)30)18-7-10-20-22(14-18)34-13-12-33-20/h3-11,14,16,24,29H,12-13,15H2,1-2H3/b25-23-. The van der Waals surface area contributed by atoms with Gasteiger partial charge in [0.2, 0.25) is 0 Å². The van der Waals surface area contributed by atoms with Crippen molar-refractivity contribution in [3.05, 3.63) is 77.8 Å². The van der Waals surface area contributed by atoms with Gasteiger partial charge >= 0.3 is 0 Å². The number of carbonyl (C=O) groups excluding carboxylic acids is 2. The quantitative estimate of drug-likeness (QED) is 0.313. The molecule has 1 N–H and O–H groups in total. The van der Waals surface area contributed by atoms with Crippen molar-refractivity contribution < 1.29 is 33.3 Å². The second kappa shape index (κ2) is 9.21. The number of anilines is 1. The molecule has 2 aromatic carbocycles. The minimum Gasteiger partial charge on any atom is -0.507 e. The molecule has 2 aliphatic heterocycles. The number of furan rings is 1. The van der Waals surface area contributed by atoms with E-state index in [2.05, 4.69) is 13.8 Å². The van der Waals surface area contributed by atoms with Crippen molar-refractivity contribution in [3.8, 4) is 17.2 Å². The Morgan fingerprint density at radius 1 is 1.06 bits per heavy atom.